The van der Waals surface area contributed by atoms with Gasteiger partial charge in [-0.25, -0.2) is 0 Å². The maximum Gasteiger partial charge on any atom is 0.254 e. The quantitative estimate of drug-likeness (QED) is 0.791. The van der Waals surface area contributed by atoms with E-state index in [0.717, 1.165) is 44.0 Å². The summed E-state index contributed by atoms with van der Waals surface area (Å²) in [4.78, 5) is 14.2. The molecule has 0 unspecified atom stereocenters. The lowest BCUT2D eigenvalue weighted by Crippen LogP contribution is -2.40. The topological polar surface area (TPSA) is 32.3 Å². The van der Waals surface area contributed by atoms with E-state index in [1.807, 2.05) is 23.4 Å². The number of nitrogens with one attached hydrogen (secondary N) is 1. The van der Waals surface area contributed by atoms with Crippen LogP contribution in [0.15, 0.2) is 11.4 Å². The van der Waals surface area contributed by atoms with Gasteiger partial charge >= 0.3 is 0 Å². The number of piperidine rings is 1. The third-order valence-corrected chi connectivity index (χ3v) is 5.00. The highest BCUT2D eigenvalue weighted by molar-refractivity contribution is 14.1. The number of halogens is 2. The number of amides is 1. The summed E-state index contributed by atoms with van der Waals surface area (Å²) in [7, 11) is 1.99. The van der Waals surface area contributed by atoms with E-state index in [0.29, 0.717) is 0 Å². The lowest BCUT2D eigenvalue weighted by Gasteiger charge is -2.31. The number of hydrogen-bond acceptors (Lipinski definition) is 3. The summed E-state index contributed by atoms with van der Waals surface area (Å²) in [6, 6.07) is 1.98. The maximum absolute atomic E-state index is 12.2. The van der Waals surface area contributed by atoms with Gasteiger partial charge in [0.05, 0.1) is 8.45 Å². The first kappa shape index (κ1) is 16.2. The molecule has 1 aromatic heterocycles. The van der Waals surface area contributed by atoms with Crippen molar-refractivity contribution < 1.29 is 4.79 Å². The van der Waals surface area contributed by atoms with Gasteiger partial charge in [0.2, 0.25) is 0 Å². The second-order valence-corrected chi connectivity index (χ2v) is 7.24. The largest absolute Gasteiger partial charge is 0.339 e. The van der Waals surface area contributed by atoms with Crippen LogP contribution in [-0.2, 0) is 0 Å². The summed E-state index contributed by atoms with van der Waals surface area (Å²) in [6.07, 6.45) is 2.24. The Labute approximate surface area is 132 Å². The minimum Gasteiger partial charge on any atom is -0.339 e. The van der Waals surface area contributed by atoms with Crippen molar-refractivity contribution in [3.63, 3.8) is 0 Å². The smallest absolute Gasteiger partial charge is 0.254 e. The van der Waals surface area contributed by atoms with Crippen LogP contribution in [0.25, 0.3) is 0 Å². The van der Waals surface area contributed by atoms with E-state index in [-0.39, 0.29) is 18.3 Å². The van der Waals surface area contributed by atoms with Crippen molar-refractivity contribution in [3.8, 4) is 0 Å². The van der Waals surface area contributed by atoms with Crippen LogP contribution in [0, 0.1) is 8.80 Å². The van der Waals surface area contributed by atoms with Gasteiger partial charge in [-0.15, -0.1) is 23.7 Å². The lowest BCUT2D eigenvalue weighted by molar-refractivity contribution is 0.0691. The molecule has 0 aromatic carbocycles. The van der Waals surface area contributed by atoms with E-state index in [9.17, 15) is 4.79 Å². The van der Waals surface area contributed by atoms with Crippen LogP contribution in [0.1, 0.15) is 23.2 Å². The van der Waals surface area contributed by atoms with Gasteiger partial charge < -0.3 is 10.2 Å². The van der Waals surface area contributed by atoms with E-state index in [2.05, 4.69) is 27.9 Å². The molecule has 0 radical (unpaired) electrons. The number of nitrogens with zero attached hydrogens (tertiary/aromatic N) is 1. The minimum atomic E-state index is 0. The fourth-order valence-corrected chi connectivity index (χ4v) is 3.55. The van der Waals surface area contributed by atoms with Gasteiger partial charge in [-0.3, -0.25) is 4.79 Å². The lowest BCUT2D eigenvalue weighted by atomic mass is 9.96. The van der Waals surface area contributed by atoms with Crippen molar-refractivity contribution in [2.24, 2.45) is 5.92 Å². The number of thiophene rings is 1. The Morgan fingerprint density at radius 1 is 1.56 bits per heavy atom. The molecule has 1 aromatic rings. The summed E-state index contributed by atoms with van der Waals surface area (Å²) in [6.45, 7) is 2.87. The average Bonchev–Trinajstić information content (AvgIpc) is 2.76. The van der Waals surface area contributed by atoms with Crippen molar-refractivity contribution in [2.75, 3.05) is 26.7 Å². The van der Waals surface area contributed by atoms with Gasteiger partial charge in [-0.05, 0) is 61.0 Å². The second-order valence-electron chi connectivity index (χ2n) is 4.43. The van der Waals surface area contributed by atoms with E-state index >= 15 is 0 Å². The molecule has 2 rings (SSSR count). The molecule has 0 bridgehead atoms. The van der Waals surface area contributed by atoms with E-state index < -0.39 is 0 Å². The van der Waals surface area contributed by atoms with E-state index in [1.54, 1.807) is 11.3 Å². The normalized spacial score (nSPS) is 16.4. The molecule has 1 saturated heterocycles. The standard InChI is InChI=1S/C12H17IN2OS.ClH/c1-14-7-9-2-4-15(5-3-9)12(16)10-6-11(13)17-8-10;/h6,8-9,14H,2-5,7H2,1H3;1H. The molecule has 1 amide bonds. The minimum absolute atomic E-state index is 0. The first-order valence-corrected chi connectivity index (χ1v) is 7.84. The van der Waals surface area contributed by atoms with Gasteiger partial charge in [-0.1, -0.05) is 0 Å². The summed E-state index contributed by atoms with van der Waals surface area (Å²) in [5.74, 6) is 0.929. The summed E-state index contributed by atoms with van der Waals surface area (Å²) < 4.78 is 1.18. The molecule has 0 atom stereocenters. The second kappa shape index (κ2) is 7.67. The molecule has 0 spiro atoms. The number of carbonyl (C=O) groups excluding carboxylic acids is 1. The molecule has 0 aliphatic carbocycles. The highest BCUT2D eigenvalue weighted by atomic mass is 127. The van der Waals surface area contributed by atoms with E-state index in [1.165, 1.54) is 2.88 Å². The van der Waals surface area contributed by atoms with Gasteiger partial charge in [0.1, 0.15) is 0 Å². The number of rotatable bonds is 3. The van der Waals surface area contributed by atoms with Crippen LogP contribution in [0.5, 0.6) is 0 Å². The zero-order valence-corrected chi connectivity index (χ0v) is 14.1. The zero-order valence-electron chi connectivity index (χ0n) is 10.3. The Morgan fingerprint density at radius 3 is 2.72 bits per heavy atom. The maximum atomic E-state index is 12.2. The molecule has 1 aliphatic heterocycles. The summed E-state index contributed by atoms with van der Waals surface area (Å²) >= 11 is 3.89. The van der Waals surface area contributed by atoms with Crippen molar-refractivity contribution in [1.82, 2.24) is 10.2 Å². The predicted octanol–water partition coefficient (Wildman–Crippen LogP) is 2.85. The summed E-state index contributed by atoms with van der Waals surface area (Å²) in [5.41, 5.74) is 0.853. The summed E-state index contributed by atoms with van der Waals surface area (Å²) in [5, 5.41) is 5.18. The first-order valence-electron chi connectivity index (χ1n) is 5.88. The van der Waals surface area contributed by atoms with Crippen molar-refractivity contribution >= 4 is 52.2 Å². The molecular formula is C12H18ClIN2OS. The van der Waals surface area contributed by atoms with Gasteiger partial charge in [-0.2, -0.15) is 0 Å². The Bertz CT molecular complexity index is 391. The van der Waals surface area contributed by atoms with Crippen LogP contribution in [0.3, 0.4) is 0 Å². The fraction of sp³-hybridized carbons (Fsp3) is 0.583. The Morgan fingerprint density at radius 2 is 2.22 bits per heavy atom. The number of carbonyl (C=O) groups is 1. The SMILES string of the molecule is CNCC1CCN(C(=O)c2csc(I)c2)CC1.Cl. The Kier molecular flexibility index (Phi) is 6.90. The third kappa shape index (κ3) is 4.08. The molecule has 1 fully saturated rings. The number of likely N-dealkylation sites (tertiary alicyclic amines) is 1. The highest BCUT2D eigenvalue weighted by Crippen LogP contribution is 2.21. The monoisotopic (exact) mass is 400 g/mol. The Hall–Kier alpha value is 0.150. The van der Waals surface area contributed by atoms with Gasteiger partial charge in [0.15, 0.2) is 0 Å². The fourth-order valence-electron chi connectivity index (χ4n) is 2.23. The molecule has 1 aliphatic rings. The van der Waals surface area contributed by atoms with Crippen molar-refractivity contribution in [1.29, 1.82) is 0 Å². The molecule has 0 saturated carbocycles. The Balaban J connectivity index is 0.00000162. The molecule has 18 heavy (non-hydrogen) atoms. The molecule has 3 nitrogen and oxygen atoms in total. The average molecular weight is 401 g/mol. The van der Waals surface area contributed by atoms with Crippen LogP contribution in [-0.4, -0.2) is 37.5 Å². The molecule has 1 N–H and O–H groups in total. The molecule has 2 heterocycles. The van der Waals surface area contributed by atoms with Gasteiger partial charge in [0.25, 0.3) is 5.91 Å². The molecule has 102 valence electrons. The van der Waals surface area contributed by atoms with Crippen LogP contribution in [0.2, 0.25) is 0 Å². The van der Waals surface area contributed by atoms with Crippen LogP contribution in [0.4, 0.5) is 0 Å². The zero-order chi connectivity index (χ0) is 12.3. The van der Waals surface area contributed by atoms with Crippen LogP contribution < -0.4 is 5.32 Å². The van der Waals surface area contributed by atoms with Crippen molar-refractivity contribution in [3.05, 3.63) is 19.9 Å². The number of hydrogen-bond donors (Lipinski definition) is 1. The molecule has 6 heteroatoms. The van der Waals surface area contributed by atoms with Crippen molar-refractivity contribution in [2.45, 2.75) is 12.8 Å². The van der Waals surface area contributed by atoms with Crippen LogP contribution >= 0.6 is 46.3 Å². The van der Waals surface area contributed by atoms with E-state index in [4.69, 9.17) is 0 Å². The third-order valence-electron chi connectivity index (χ3n) is 3.21. The van der Waals surface area contributed by atoms with Gasteiger partial charge in [0, 0.05) is 18.5 Å². The molecular weight excluding hydrogens is 383 g/mol. The first-order chi connectivity index (χ1) is 8.20. The highest BCUT2D eigenvalue weighted by Gasteiger charge is 2.23. The predicted molar refractivity (Wildman–Crippen MR) is 86.8 cm³/mol.